The molecule has 0 saturated carbocycles. The van der Waals surface area contributed by atoms with Crippen LogP contribution in [-0.2, 0) is 19.1 Å². The molecule has 1 N–H and O–H groups in total. The van der Waals surface area contributed by atoms with Crippen molar-refractivity contribution in [2.45, 2.75) is 24.4 Å². The second kappa shape index (κ2) is 4.80. The molecule has 0 bridgehead atoms. The first-order valence-corrected chi connectivity index (χ1v) is 6.75. The molecule has 112 valence electrons. The normalized spacial score (nSPS) is 34.4. The van der Waals surface area contributed by atoms with Gasteiger partial charge in [0.15, 0.2) is 0 Å². The number of hydrogen-bond donors (Lipinski definition) is 1. The number of hydrogen-bond acceptors (Lipinski definition) is 5. The molecule has 2 aliphatic heterocycles. The number of carbonyl (C=O) groups excluding carboxylic acids is 2. The van der Waals surface area contributed by atoms with Gasteiger partial charge >= 0.3 is 11.9 Å². The van der Waals surface area contributed by atoms with Crippen LogP contribution in [0, 0.1) is 11.7 Å². The van der Waals surface area contributed by atoms with Crippen LogP contribution in [0.4, 0.5) is 4.39 Å². The van der Waals surface area contributed by atoms with Crippen LogP contribution < -0.4 is 5.32 Å². The van der Waals surface area contributed by atoms with E-state index in [1.54, 1.807) is 19.1 Å². The predicted molar refractivity (Wildman–Crippen MR) is 70.9 cm³/mol. The average Bonchev–Trinajstić information content (AvgIpc) is 2.92. The minimum absolute atomic E-state index is 0.205. The minimum atomic E-state index is -0.949. The van der Waals surface area contributed by atoms with Crippen LogP contribution in [0.25, 0.3) is 0 Å². The number of methoxy groups -OCH3 is 1. The van der Waals surface area contributed by atoms with Gasteiger partial charge in [-0.2, -0.15) is 0 Å². The molecule has 0 spiro atoms. The molecule has 2 fully saturated rings. The Balaban J connectivity index is 2.05. The zero-order valence-electron chi connectivity index (χ0n) is 11.8. The summed E-state index contributed by atoms with van der Waals surface area (Å²) in [5, 5.41) is 3.03. The standard InChI is InChI=1S/C15H16FNO4/c1-15-10(7-21-14(15)19)11(12(17-15)13(18)20-2)8-4-3-5-9(16)6-8/h3-6,10-12,17H,7H2,1-2H3/t10-,11-,12-,15+/m0/s1. The maximum absolute atomic E-state index is 13.5. The number of halogens is 1. The molecule has 2 heterocycles. The summed E-state index contributed by atoms with van der Waals surface area (Å²) in [7, 11) is 1.29. The third kappa shape index (κ3) is 2.01. The third-order valence-electron chi connectivity index (χ3n) is 4.50. The fourth-order valence-electron chi connectivity index (χ4n) is 3.38. The summed E-state index contributed by atoms with van der Waals surface area (Å²) in [6.45, 7) is 1.92. The van der Waals surface area contributed by atoms with E-state index < -0.39 is 17.6 Å². The van der Waals surface area contributed by atoms with Crippen molar-refractivity contribution in [3.63, 3.8) is 0 Å². The summed E-state index contributed by atoms with van der Waals surface area (Å²) in [6.07, 6.45) is 0. The third-order valence-corrected chi connectivity index (χ3v) is 4.50. The Labute approximate surface area is 121 Å². The van der Waals surface area contributed by atoms with Gasteiger partial charge in [0.1, 0.15) is 17.4 Å². The molecule has 3 rings (SSSR count). The number of fused-ring (bicyclic) bond motifs is 1. The van der Waals surface area contributed by atoms with E-state index in [1.807, 2.05) is 0 Å². The lowest BCUT2D eigenvalue weighted by atomic mass is 9.78. The maximum atomic E-state index is 13.5. The number of cyclic esters (lactones) is 1. The van der Waals surface area contributed by atoms with Gasteiger partial charge in [-0.15, -0.1) is 0 Å². The van der Waals surface area contributed by atoms with Gasteiger partial charge in [0, 0.05) is 11.8 Å². The highest BCUT2D eigenvalue weighted by atomic mass is 19.1. The zero-order valence-corrected chi connectivity index (χ0v) is 11.8. The lowest BCUT2D eigenvalue weighted by Gasteiger charge is -2.21. The summed E-state index contributed by atoms with van der Waals surface area (Å²) in [4.78, 5) is 24.0. The highest BCUT2D eigenvalue weighted by molar-refractivity contribution is 5.87. The Morgan fingerprint density at radius 1 is 1.52 bits per heavy atom. The van der Waals surface area contributed by atoms with Crippen LogP contribution >= 0.6 is 0 Å². The molecular formula is C15H16FNO4. The van der Waals surface area contributed by atoms with Gasteiger partial charge in [0.2, 0.25) is 0 Å². The van der Waals surface area contributed by atoms with Crippen molar-refractivity contribution in [3.05, 3.63) is 35.6 Å². The molecule has 0 radical (unpaired) electrons. The molecule has 2 saturated heterocycles. The van der Waals surface area contributed by atoms with Crippen LogP contribution in [0.15, 0.2) is 24.3 Å². The molecule has 6 heteroatoms. The average molecular weight is 293 g/mol. The molecule has 1 aromatic carbocycles. The van der Waals surface area contributed by atoms with E-state index in [9.17, 15) is 14.0 Å². The van der Waals surface area contributed by atoms with Gasteiger partial charge in [-0.1, -0.05) is 12.1 Å². The highest BCUT2D eigenvalue weighted by Crippen LogP contribution is 2.46. The Hall–Kier alpha value is -1.95. The van der Waals surface area contributed by atoms with Gasteiger partial charge in [0.25, 0.3) is 0 Å². The van der Waals surface area contributed by atoms with Crippen LogP contribution in [0.5, 0.6) is 0 Å². The Bertz CT molecular complexity index is 605. The summed E-state index contributed by atoms with van der Waals surface area (Å²) in [5.41, 5.74) is -0.291. The second-order valence-corrected chi connectivity index (χ2v) is 5.63. The van der Waals surface area contributed by atoms with Gasteiger partial charge in [-0.3, -0.25) is 14.9 Å². The molecule has 0 unspecified atom stereocenters. The van der Waals surface area contributed by atoms with E-state index in [0.717, 1.165) is 0 Å². The predicted octanol–water partition coefficient (Wildman–Crippen LogP) is 0.986. The zero-order chi connectivity index (χ0) is 15.2. The molecule has 0 amide bonds. The number of carbonyl (C=O) groups is 2. The van der Waals surface area contributed by atoms with E-state index in [0.29, 0.717) is 5.56 Å². The molecule has 0 aliphatic carbocycles. The fourth-order valence-corrected chi connectivity index (χ4v) is 3.38. The van der Waals surface area contributed by atoms with E-state index in [1.165, 1.54) is 19.2 Å². The quantitative estimate of drug-likeness (QED) is 0.824. The van der Waals surface area contributed by atoms with Gasteiger partial charge < -0.3 is 9.47 Å². The molecular weight excluding hydrogens is 277 g/mol. The Morgan fingerprint density at radius 3 is 2.95 bits per heavy atom. The van der Waals surface area contributed by atoms with E-state index in [-0.39, 0.29) is 30.2 Å². The summed E-state index contributed by atoms with van der Waals surface area (Å²) in [6, 6.07) is 5.37. The second-order valence-electron chi connectivity index (χ2n) is 5.63. The van der Waals surface area contributed by atoms with E-state index in [4.69, 9.17) is 9.47 Å². The first-order chi connectivity index (χ1) is 9.97. The van der Waals surface area contributed by atoms with Crippen molar-refractivity contribution in [3.8, 4) is 0 Å². The van der Waals surface area contributed by atoms with Crippen molar-refractivity contribution in [2.75, 3.05) is 13.7 Å². The highest BCUT2D eigenvalue weighted by Gasteiger charge is 2.62. The van der Waals surface area contributed by atoms with Crippen molar-refractivity contribution >= 4 is 11.9 Å². The van der Waals surface area contributed by atoms with Crippen molar-refractivity contribution < 1.29 is 23.5 Å². The van der Waals surface area contributed by atoms with Gasteiger partial charge in [-0.05, 0) is 24.6 Å². The van der Waals surface area contributed by atoms with E-state index in [2.05, 4.69) is 5.32 Å². The van der Waals surface area contributed by atoms with E-state index >= 15 is 0 Å². The Morgan fingerprint density at radius 2 is 2.29 bits per heavy atom. The molecule has 2 aliphatic rings. The number of nitrogens with one attached hydrogen (secondary N) is 1. The maximum Gasteiger partial charge on any atom is 0.326 e. The molecule has 1 aromatic rings. The monoisotopic (exact) mass is 293 g/mol. The minimum Gasteiger partial charge on any atom is -0.468 e. The molecule has 21 heavy (non-hydrogen) atoms. The summed E-state index contributed by atoms with van der Waals surface area (Å²) >= 11 is 0. The topological polar surface area (TPSA) is 64.6 Å². The smallest absolute Gasteiger partial charge is 0.326 e. The SMILES string of the molecule is COC(=O)[C@H]1N[C@@]2(C)C(=O)OC[C@H]2[C@@H]1c1cccc(F)c1. The van der Waals surface area contributed by atoms with Crippen molar-refractivity contribution in [1.29, 1.82) is 0 Å². The summed E-state index contributed by atoms with van der Waals surface area (Å²) in [5.74, 6) is -1.84. The van der Waals surface area contributed by atoms with Crippen LogP contribution in [-0.4, -0.2) is 37.2 Å². The first kappa shape index (κ1) is 14.0. The van der Waals surface area contributed by atoms with Crippen LogP contribution in [0.3, 0.4) is 0 Å². The number of esters is 2. The van der Waals surface area contributed by atoms with Gasteiger partial charge in [-0.25, -0.2) is 4.39 Å². The number of ether oxygens (including phenoxy) is 2. The largest absolute Gasteiger partial charge is 0.468 e. The van der Waals surface area contributed by atoms with Crippen molar-refractivity contribution in [2.24, 2.45) is 5.92 Å². The van der Waals surface area contributed by atoms with Gasteiger partial charge in [0.05, 0.1) is 13.7 Å². The number of benzene rings is 1. The first-order valence-electron chi connectivity index (χ1n) is 6.75. The molecule has 5 nitrogen and oxygen atoms in total. The fraction of sp³-hybridized carbons (Fsp3) is 0.467. The molecule has 0 aromatic heterocycles. The lowest BCUT2D eigenvalue weighted by molar-refractivity contribution is -0.145. The molecule has 4 atom stereocenters. The Kier molecular flexibility index (Phi) is 3.20. The lowest BCUT2D eigenvalue weighted by Crippen LogP contribution is -2.49. The number of rotatable bonds is 2. The van der Waals surface area contributed by atoms with Crippen LogP contribution in [0.1, 0.15) is 18.4 Å². The van der Waals surface area contributed by atoms with Crippen LogP contribution in [0.2, 0.25) is 0 Å². The summed E-state index contributed by atoms with van der Waals surface area (Å²) < 4.78 is 23.4. The van der Waals surface area contributed by atoms with Crippen molar-refractivity contribution in [1.82, 2.24) is 5.32 Å².